The van der Waals surface area contributed by atoms with Gasteiger partial charge in [-0.1, -0.05) is 25.3 Å². The molecule has 3 N–H and O–H groups in total. The van der Waals surface area contributed by atoms with E-state index in [-0.39, 0.29) is 29.1 Å². The highest BCUT2D eigenvalue weighted by Gasteiger charge is 2.37. The van der Waals surface area contributed by atoms with Gasteiger partial charge in [0.15, 0.2) is 0 Å². The molecule has 0 aromatic heterocycles. The molecule has 6 nitrogen and oxygen atoms in total. The summed E-state index contributed by atoms with van der Waals surface area (Å²) in [5.74, 6) is -0.374. The Balaban J connectivity index is 0.00000261. The van der Waals surface area contributed by atoms with Crippen molar-refractivity contribution in [3.05, 3.63) is 24.3 Å². The molecular formula is C19H30ClN3O3S. The lowest BCUT2D eigenvalue weighted by molar-refractivity contribution is -0.122. The molecule has 1 aliphatic heterocycles. The number of halogens is 1. The maximum atomic E-state index is 12.8. The molecule has 0 bridgehead atoms. The maximum absolute atomic E-state index is 12.8. The molecule has 1 aromatic rings. The van der Waals surface area contributed by atoms with Crippen LogP contribution in [0.5, 0.6) is 0 Å². The number of hydrogen-bond acceptors (Lipinski definition) is 4. The van der Waals surface area contributed by atoms with E-state index in [1.807, 2.05) is 6.92 Å². The zero-order valence-corrected chi connectivity index (χ0v) is 17.4. The van der Waals surface area contributed by atoms with Crippen LogP contribution >= 0.6 is 12.4 Å². The zero-order valence-electron chi connectivity index (χ0n) is 15.8. The first-order valence-corrected chi connectivity index (χ1v) is 10.9. The zero-order chi connectivity index (χ0) is 18.8. The molecule has 152 valence electrons. The number of carbonyl (C=O) groups is 1. The van der Waals surface area contributed by atoms with Crippen molar-refractivity contribution in [2.75, 3.05) is 18.4 Å². The molecule has 1 amide bonds. The third-order valence-corrected chi connectivity index (χ3v) is 7.52. The van der Waals surface area contributed by atoms with E-state index >= 15 is 0 Å². The summed E-state index contributed by atoms with van der Waals surface area (Å²) >= 11 is 0. The fourth-order valence-electron chi connectivity index (χ4n) is 4.01. The number of nitrogens with zero attached hydrogens (tertiary/aromatic N) is 1. The predicted octanol–water partition coefficient (Wildman–Crippen LogP) is 3.13. The van der Waals surface area contributed by atoms with Crippen LogP contribution in [0.3, 0.4) is 0 Å². The van der Waals surface area contributed by atoms with Gasteiger partial charge in [0.2, 0.25) is 15.9 Å². The van der Waals surface area contributed by atoms with Crippen molar-refractivity contribution in [2.45, 2.75) is 62.3 Å². The van der Waals surface area contributed by atoms with Crippen molar-refractivity contribution in [1.82, 2.24) is 4.31 Å². The van der Waals surface area contributed by atoms with E-state index in [2.05, 4.69) is 5.32 Å². The van der Waals surface area contributed by atoms with E-state index in [4.69, 9.17) is 5.73 Å². The molecule has 3 rings (SSSR count). The molecule has 27 heavy (non-hydrogen) atoms. The fourth-order valence-corrected chi connectivity index (χ4v) is 5.57. The standard InChI is InChI=1S/C19H29N3O3S.ClH/c1-19(20)11-4-3-10-17(19)18(23)21-15-8-7-9-16(14-15)26(24,25)22-12-5-2-6-13-22;/h7-9,14,17H,2-6,10-13,20H2,1H3,(H,21,23);1H. The Morgan fingerprint density at radius 1 is 1.19 bits per heavy atom. The number of hydrogen-bond donors (Lipinski definition) is 2. The molecule has 1 heterocycles. The first-order chi connectivity index (χ1) is 12.3. The Morgan fingerprint density at radius 3 is 2.56 bits per heavy atom. The molecule has 1 saturated heterocycles. The van der Waals surface area contributed by atoms with Crippen LogP contribution in [0.1, 0.15) is 51.9 Å². The van der Waals surface area contributed by atoms with Gasteiger partial charge in [-0.05, 0) is 50.8 Å². The highest BCUT2D eigenvalue weighted by atomic mass is 35.5. The van der Waals surface area contributed by atoms with Crippen LogP contribution < -0.4 is 11.1 Å². The van der Waals surface area contributed by atoms with E-state index in [0.717, 1.165) is 44.9 Å². The normalized spacial score (nSPS) is 26.8. The van der Waals surface area contributed by atoms with Crippen LogP contribution in [0.25, 0.3) is 0 Å². The third kappa shape index (κ3) is 5.02. The third-order valence-electron chi connectivity index (χ3n) is 5.63. The van der Waals surface area contributed by atoms with Crippen LogP contribution in [-0.2, 0) is 14.8 Å². The Morgan fingerprint density at radius 2 is 1.89 bits per heavy atom. The van der Waals surface area contributed by atoms with Gasteiger partial charge in [-0.15, -0.1) is 12.4 Å². The van der Waals surface area contributed by atoms with E-state index in [9.17, 15) is 13.2 Å². The molecule has 1 aliphatic carbocycles. The molecule has 2 aliphatic rings. The summed E-state index contributed by atoms with van der Waals surface area (Å²) in [5, 5.41) is 2.88. The summed E-state index contributed by atoms with van der Waals surface area (Å²) in [6.45, 7) is 3.05. The van der Waals surface area contributed by atoms with Crippen molar-refractivity contribution in [3.63, 3.8) is 0 Å². The second-order valence-electron chi connectivity index (χ2n) is 7.79. The average Bonchev–Trinajstić information content (AvgIpc) is 2.62. The van der Waals surface area contributed by atoms with Crippen LogP contribution in [-0.4, -0.2) is 37.3 Å². The van der Waals surface area contributed by atoms with Gasteiger partial charge in [0.05, 0.1) is 10.8 Å². The summed E-state index contributed by atoms with van der Waals surface area (Å²) in [6.07, 6.45) is 6.49. The molecule has 2 atom stereocenters. The van der Waals surface area contributed by atoms with Crippen molar-refractivity contribution in [1.29, 1.82) is 0 Å². The van der Waals surface area contributed by atoms with Crippen molar-refractivity contribution in [3.8, 4) is 0 Å². The van der Waals surface area contributed by atoms with E-state index in [1.165, 1.54) is 4.31 Å². The largest absolute Gasteiger partial charge is 0.326 e. The quantitative estimate of drug-likeness (QED) is 0.790. The molecule has 2 fully saturated rings. The highest BCUT2D eigenvalue weighted by Crippen LogP contribution is 2.32. The first-order valence-electron chi connectivity index (χ1n) is 9.51. The van der Waals surface area contributed by atoms with Gasteiger partial charge in [-0.25, -0.2) is 8.42 Å². The second kappa shape index (κ2) is 8.90. The van der Waals surface area contributed by atoms with Crippen molar-refractivity contribution in [2.24, 2.45) is 11.7 Å². The monoisotopic (exact) mass is 415 g/mol. The number of carbonyl (C=O) groups excluding carboxylic acids is 1. The number of benzene rings is 1. The van der Waals surface area contributed by atoms with Gasteiger partial charge in [0.25, 0.3) is 0 Å². The summed E-state index contributed by atoms with van der Waals surface area (Å²) < 4.78 is 27.2. The number of anilines is 1. The smallest absolute Gasteiger partial charge is 0.243 e. The number of nitrogens with two attached hydrogens (primary N) is 1. The average molecular weight is 416 g/mol. The number of piperidine rings is 1. The van der Waals surface area contributed by atoms with Crippen molar-refractivity contribution >= 4 is 34.0 Å². The maximum Gasteiger partial charge on any atom is 0.243 e. The molecule has 8 heteroatoms. The Bertz CT molecular complexity index is 761. The van der Waals surface area contributed by atoms with Gasteiger partial charge in [-0.2, -0.15) is 4.31 Å². The SMILES string of the molecule is CC1(N)CCCCC1C(=O)Nc1cccc(S(=O)(=O)N2CCCCC2)c1.Cl. The lowest BCUT2D eigenvalue weighted by atomic mass is 9.74. The molecule has 2 unspecified atom stereocenters. The lowest BCUT2D eigenvalue weighted by Gasteiger charge is -2.37. The Hall–Kier alpha value is -1.15. The summed E-state index contributed by atoms with van der Waals surface area (Å²) in [4.78, 5) is 12.9. The van der Waals surface area contributed by atoms with Crippen molar-refractivity contribution < 1.29 is 13.2 Å². The fraction of sp³-hybridized carbons (Fsp3) is 0.632. The predicted molar refractivity (Wildman–Crippen MR) is 109 cm³/mol. The van der Waals surface area contributed by atoms with Gasteiger partial charge < -0.3 is 11.1 Å². The Kier molecular flexibility index (Phi) is 7.30. The summed E-state index contributed by atoms with van der Waals surface area (Å²) in [5.41, 5.74) is 6.30. The van der Waals surface area contributed by atoms with E-state index in [0.29, 0.717) is 18.8 Å². The minimum absolute atomic E-state index is 0. The molecule has 1 saturated carbocycles. The summed E-state index contributed by atoms with van der Waals surface area (Å²) in [6, 6.07) is 6.55. The van der Waals surface area contributed by atoms with Gasteiger partial charge in [-0.3, -0.25) is 4.79 Å². The van der Waals surface area contributed by atoms with Gasteiger partial charge >= 0.3 is 0 Å². The molecular weight excluding hydrogens is 386 g/mol. The van der Waals surface area contributed by atoms with Crippen LogP contribution in [0.2, 0.25) is 0 Å². The summed E-state index contributed by atoms with van der Waals surface area (Å²) in [7, 11) is -3.51. The van der Waals surface area contributed by atoms with E-state index < -0.39 is 15.6 Å². The Labute approximate surface area is 168 Å². The minimum atomic E-state index is -3.51. The van der Waals surface area contributed by atoms with Crippen LogP contribution in [0.4, 0.5) is 5.69 Å². The van der Waals surface area contributed by atoms with Gasteiger partial charge in [0, 0.05) is 24.3 Å². The first kappa shape index (κ1) is 22.1. The number of rotatable bonds is 4. The number of nitrogens with one attached hydrogen (secondary N) is 1. The molecule has 1 aromatic carbocycles. The molecule has 0 spiro atoms. The van der Waals surface area contributed by atoms with Crippen LogP contribution in [0, 0.1) is 5.92 Å². The van der Waals surface area contributed by atoms with Crippen LogP contribution in [0.15, 0.2) is 29.2 Å². The minimum Gasteiger partial charge on any atom is -0.326 e. The van der Waals surface area contributed by atoms with Gasteiger partial charge in [0.1, 0.15) is 0 Å². The number of amides is 1. The van der Waals surface area contributed by atoms with E-state index in [1.54, 1.807) is 24.3 Å². The topological polar surface area (TPSA) is 92.5 Å². The lowest BCUT2D eigenvalue weighted by Crippen LogP contribution is -2.51. The number of sulfonamides is 1. The highest BCUT2D eigenvalue weighted by molar-refractivity contribution is 7.89. The molecule has 0 radical (unpaired) electrons. The second-order valence-corrected chi connectivity index (χ2v) is 9.72.